The van der Waals surface area contributed by atoms with E-state index in [2.05, 4.69) is 15.9 Å². The molecule has 0 saturated carbocycles. The van der Waals surface area contributed by atoms with E-state index in [0.29, 0.717) is 5.56 Å². The summed E-state index contributed by atoms with van der Waals surface area (Å²) in [4.78, 5) is 10.6. The highest BCUT2D eigenvalue weighted by Crippen LogP contribution is 2.33. The van der Waals surface area contributed by atoms with E-state index in [4.69, 9.17) is 5.11 Å². The van der Waals surface area contributed by atoms with Crippen LogP contribution in [0.3, 0.4) is 0 Å². The Morgan fingerprint density at radius 3 is 2.67 bits per heavy atom. The van der Waals surface area contributed by atoms with Crippen LogP contribution in [0.25, 0.3) is 0 Å². The molecule has 1 rings (SSSR count). The van der Waals surface area contributed by atoms with Gasteiger partial charge >= 0.3 is 5.97 Å². The van der Waals surface area contributed by atoms with E-state index in [0.717, 1.165) is 10.0 Å². The molecule has 15 heavy (non-hydrogen) atoms. The minimum absolute atomic E-state index is 0.0173. The predicted octanol–water partition coefficient (Wildman–Crippen LogP) is 3.04. The number of carboxylic acid groups (broad SMARTS) is 1. The van der Waals surface area contributed by atoms with Gasteiger partial charge in [-0.1, -0.05) is 22.9 Å². The second-order valence-corrected chi connectivity index (χ2v) is 4.58. The predicted molar refractivity (Wildman–Crippen MR) is 61.2 cm³/mol. The number of carboxylic acids is 1. The van der Waals surface area contributed by atoms with Crippen molar-refractivity contribution in [2.75, 3.05) is 0 Å². The fourth-order valence-corrected chi connectivity index (χ4v) is 2.10. The molecular weight excluding hydrogens is 260 g/mol. The van der Waals surface area contributed by atoms with Crippen LogP contribution < -0.4 is 0 Å². The fourth-order valence-electron chi connectivity index (χ4n) is 1.51. The SMILES string of the molecule is Cc1cc(Br)cc(C(C)CC(=O)O)c1O. The van der Waals surface area contributed by atoms with Crippen molar-refractivity contribution >= 4 is 21.9 Å². The molecule has 1 aromatic carbocycles. The number of benzene rings is 1. The van der Waals surface area contributed by atoms with Crippen molar-refractivity contribution in [2.24, 2.45) is 0 Å². The van der Waals surface area contributed by atoms with Gasteiger partial charge < -0.3 is 10.2 Å². The molecule has 0 aliphatic rings. The van der Waals surface area contributed by atoms with Crippen molar-refractivity contribution in [1.82, 2.24) is 0 Å². The monoisotopic (exact) mass is 272 g/mol. The zero-order valence-electron chi connectivity index (χ0n) is 8.62. The van der Waals surface area contributed by atoms with Gasteiger partial charge in [0.1, 0.15) is 5.75 Å². The van der Waals surface area contributed by atoms with Crippen LogP contribution in [-0.2, 0) is 4.79 Å². The molecule has 1 atom stereocenters. The Morgan fingerprint density at radius 2 is 2.13 bits per heavy atom. The standard InChI is InChI=1S/C11H13BrO3/c1-6(4-10(13)14)9-5-8(12)3-7(2)11(9)15/h3,5-6,15H,4H2,1-2H3,(H,13,14). The first kappa shape index (κ1) is 12.0. The highest BCUT2D eigenvalue weighted by Gasteiger charge is 2.15. The zero-order valence-corrected chi connectivity index (χ0v) is 10.2. The third-order valence-electron chi connectivity index (χ3n) is 2.31. The molecular formula is C11H13BrO3. The molecule has 0 radical (unpaired) electrons. The van der Waals surface area contributed by atoms with Crippen molar-refractivity contribution in [3.8, 4) is 5.75 Å². The Balaban J connectivity index is 3.07. The molecule has 4 heteroatoms. The van der Waals surface area contributed by atoms with Crippen molar-refractivity contribution < 1.29 is 15.0 Å². The van der Waals surface area contributed by atoms with E-state index in [1.807, 2.05) is 0 Å². The van der Waals surface area contributed by atoms with Gasteiger partial charge in [0.15, 0.2) is 0 Å². The number of rotatable bonds is 3. The number of halogens is 1. The summed E-state index contributed by atoms with van der Waals surface area (Å²) in [5, 5.41) is 18.5. The fraction of sp³-hybridized carbons (Fsp3) is 0.364. The first-order valence-electron chi connectivity index (χ1n) is 4.62. The lowest BCUT2D eigenvalue weighted by molar-refractivity contribution is -0.137. The average molecular weight is 273 g/mol. The second kappa shape index (κ2) is 4.66. The Bertz CT molecular complexity index is 388. The number of hydrogen-bond donors (Lipinski definition) is 2. The van der Waals surface area contributed by atoms with Gasteiger partial charge in [0.2, 0.25) is 0 Å². The van der Waals surface area contributed by atoms with Gasteiger partial charge in [0, 0.05) is 4.47 Å². The molecule has 82 valence electrons. The van der Waals surface area contributed by atoms with E-state index in [1.165, 1.54) is 0 Å². The Morgan fingerprint density at radius 1 is 1.53 bits per heavy atom. The van der Waals surface area contributed by atoms with Gasteiger partial charge in [-0.3, -0.25) is 4.79 Å². The quantitative estimate of drug-likeness (QED) is 0.889. The van der Waals surface area contributed by atoms with Crippen LogP contribution in [0.4, 0.5) is 0 Å². The van der Waals surface area contributed by atoms with Crippen molar-refractivity contribution in [1.29, 1.82) is 0 Å². The summed E-state index contributed by atoms with van der Waals surface area (Å²) in [6.07, 6.45) is 0.0173. The van der Waals surface area contributed by atoms with E-state index in [9.17, 15) is 9.90 Å². The molecule has 0 fully saturated rings. The van der Waals surface area contributed by atoms with Crippen molar-refractivity contribution in [3.63, 3.8) is 0 Å². The number of phenols is 1. The van der Waals surface area contributed by atoms with Crippen LogP contribution in [0.15, 0.2) is 16.6 Å². The topological polar surface area (TPSA) is 57.5 Å². The highest BCUT2D eigenvalue weighted by molar-refractivity contribution is 9.10. The first-order chi connectivity index (χ1) is 6.91. The maximum absolute atomic E-state index is 10.6. The molecule has 0 aliphatic heterocycles. The largest absolute Gasteiger partial charge is 0.507 e. The normalized spacial score (nSPS) is 12.5. The molecule has 1 unspecified atom stereocenters. The smallest absolute Gasteiger partial charge is 0.303 e. The number of aromatic hydroxyl groups is 1. The summed E-state index contributed by atoms with van der Waals surface area (Å²) in [7, 11) is 0. The number of aryl methyl sites for hydroxylation is 1. The van der Waals surface area contributed by atoms with Crippen LogP contribution in [0.5, 0.6) is 5.75 Å². The van der Waals surface area contributed by atoms with Crippen LogP contribution >= 0.6 is 15.9 Å². The van der Waals surface area contributed by atoms with Crippen LogP contribution in [-0.4, -0.2) is 16.2 Å². The maximum atomic E-state index is 10.6. The van der Waals surface area contributed by atoms with Crippen LogP contribution in [0.2, 0.25) is 0 Å². The van der Waals surface area contributed by atoms with Gasteiger partial charge in [-0.05, 0) is 36.1 Å². The molecule has 0 spiro atoms. The average Bonchev–Trinajstić information content (AvgIpc) is 2.09. The second-order valence-electron chi connectivity index (χ2n) is 3.66. The third kappa shape index (κ3) is 2.96. The Labute approximate surface area is 96.9 Å². The lowest BCUT2D eigenvalue weighted by Crippen LogP contribution is -2.03. The zero-order chi connectivity index (χ0) is 11.6. The molecule has 0 bridgehead atoms. The van der Waals surface area contributed by atoms with E-state index < -0.39 is 5.97 Å². The summed E-state index contributed by atoms with van der Waals surface area (Å²) in [6, 6.07) is 3.56. The van der Waals surface area contributed by atoms with Gasteiger partial charge in [-0.15, -0.1) is 0 Å². The Kier molecular flexibility index (Phi) is 3.74. The van der Waals surface area contributed by atoms with Gasteiger partial charge in [0.05, 0.1) is 6.42 Å². The minimum Gasteiger partial charge on any atom is -0.507 e. The first-order valence-corrected chi connectivity index (χ1v) is 5.42. The Hall–Kier alpha value is -1.03. The van der Waals surface area contributed by atoms with Gasteiger partial charge in [0.25, 0.3) is 0 Å². The lowest BCUT2D eigenvalue weighted by Gasteiger charge is -2.13. The summed E-state index contributed by atoms with van der Waals surface area (Å²) >= 11 is 3.32. The van der Waals surface area contributed by atoms with Crippen molar-refractivity contribution in [3.05, 3.63) is 27.7 Å². The summed E-state index contributed by atoms with van der Waals surface area (Å²) in [5.74, 6) is -0.870. The number of phenolic OH excluding ortho intramolecular Hbond substituents is 1. The molecule has 0 heterocycles. The number of aliphatic carboxylic acids is 1. The molecule has 0 amide bonds. The molecule has 3 nitrogen and oxygen atoms in total. The molecule has 2 N–H and O–H groups in total. The van der Waals surface area contributed by atoms with E-state index in [-0.39, 0.29) is 18.1 Å². The van der Waals surface area contributed by atoms with E-state index >= 15 is 0 Å². The summed E-state index contributed by atoms with van der Waals surface area (Å²) < 4.78 is 0.852. The molecule has 0 saturated heterocycles. The van der Waals surface area contributed by atoms with Gasteiger partial charge in [-0.2, -0.15) is 0 Å². The third-order valence-corrected chi connectivity index (χ3v) is 2.76. The number of carbonyl (C=O) groups is 1. The summed E-state index contributed by atoms with van der Waals surface area (Å²) in [5.41, 5.74) is 1.42. The lowest BCUT2D eigenvalue weighted by atomic mass is 9.95. The molecule has 0 aliphatic carbocycles. The minimum atomic E-state index is -0.862. The van der Waals surface area contributed by atoms with E-state index in [1.54, 1.807) is 26.0 Å². The maximum Gasteiger partial charge on any atom is 0.303 e. The van der Waals surface area contributed by atoms with Crippen molar-refractivity contribution in [2.45, 2.75) is 26.2 Å². The molecule has 1 aromatic rings. The molecule has 0 aromatic heterocycles. The highest BCUT2D eigenvalue weighted by atomic mass is 79.9. The van der Waals surface area contributed by atoms with Gasteiger partial charge in [-0.25, -0.2) is 0 Å². The number of hydrogen-bond acceptors (Lipinski definition) is 2. The summed E-state index contributed by atoms with van der Waals surface area (Å²) in [6.45, 7) is 3.58. The van der Waals surface area contributed by atoms with Crippen LogP contribution in [0.1, 0.15) is 30.4 Å². The van der Waals surface area contributed by atoms with Crippen LogP contribution in [0, 0.1) is 6.92 Å².